The second kappa shape index (κ2) is 7.54. The van der Waals surface area contributed by atoms with E-state index in [1.165, 1.54) is 10.4 Å². The summed E-state index contributed by atoms with van der Waals surface area (Å²) in [5.41, 5.74) is 1.38. The van der Waals surface area contributed by atoms with Crippen molar-refractivity contribution in [3.8, 4) is 0 Å². The monoisotopic (exact) mass is 303 g/mol. The molecule has 21 heavy (non-hydrogen) atoms. The minimum absolute atomic E-state index is 0.810. The lowest BCUT2D eigenvalue weighted by molar-refractivity contribution is 0.122. The number of morpholine rings is 1. The van der Waals surface area contributed by atoms with Crippen LogP contribution in [-0.4, -0.2) is 37.8 Å². The number of thiazole rings is 1. The van der Waals surface area contributed by atoms with E-state index < -0.39 is 0 Å². The van der Waals surface area contributed by atoms with Gasteiger partial charge in [0, 0.05) is 30.7 Å². The van der Waals surface area contributed by atoms with Crippen LogP contribution in [0, 0.1) is 0 Å². The van der Waals surface area contributed by atoms with Crippen LogP contribution in [0.4, 0.5) is 5.13 Å². The Labute approximate surface area is 129 Å². The van der Waals surface area contributed by atoms with Crippen molar-refractivity contribution >= 4 is 16.5 Å². The predicted molar refractivity (Wildman–Crippen MR) is 87.0 cm³/mol. The number of aromatic nitrogens is 1. The van der Waals surface area contributed by atoms with Gasteiger partial charge in [-0.25, -0.2) is 4.98 Å². The molecule has 3 rings (SSSR count). The van der Waals surface area contributed by atoms with Gasteiger partial charge in [-0.2, -0.15) is 0 Å². The number of anilines is 1. The zero-order valence-corrected chi connectivity index (χ0v) is 12.9. The molecule has 2 heterocycles. The number of benzene rings is 1. The first kappa shape index (κ1) is 14.5. The van der Waals surface area contributed by atoms with Crippen LogP contribution in [0.2, 0.25) is 0 Å². The SMILES string of the molecule is c1ccc(CCNCc2cnc(N3CCOCC3)s2)cc1. The molecular weight excluding hydrogens is 282 g/mol. The van der Waals surface area contributed by atoms with Gasteiger partial charge < -0.3 is 15.0 Å². The molecule has 1 fully saturated rings. The maximum Gasteiger partial charge on any atom is 0.185 e. The number of nitrogens with zero attached hydrogens (tertiary/aromatic N) is 2. The minimum atomic E-state index is 0.810. The van der Waals surface area contributed by atoms with Crippen LogP contribution >= 0.6 is 11.3 Å². The van der Waals surface area contributed by atoms with Gasteiger partial charge in [0.05, 0.1) is 13.2 Å². The molecule has 5 heteroatoms. The quantitative estimate of drug-likeness (QED) is 0.831. The molecule has 112 valence electrons. The highest BCUT2D eigenvalue weighted by molar-refractivity contribution is 7.15. The van der Waals surface area contributed by atoms with Gasteiger partial charge in [0.15, 0.2) is 5.13 Å². The van der Waals surface area contributed by atoms with E-state index in [0.29, 0.717) is 0 Å². The van der Waals surface area contributed by atoms with Crippen molar-refractivity contribution in [3.05, 3.63) is 47.0 Å². The molecule has 0 saturated carbocycles. The smallest absolute Gasteiger partial charge is 0.185 e. The fourth-order valence-electron chi connectivity index (χ4n) is 2.37. The average molecular weight is 303 g/mol. The van der Waals surface area contributed by atoms with Crippen molar-refractivity contribution < 1.29 is 4.74 Å². The first-order valence-corrected chi connectivity index (χ1v) is 8.25. The van der Waals surface area contributed by atoms with E-state index >= 15 is 0 Å². The summed E-state index contributed by atoms with van der Waals surface area (Å²) < 4.78 is 5.37. The van der Waals surface area contributed by atoms with Gasteiger partial charge in [-0.1, -0.05) is 30.3 Å². The molecule has 4 nitrogen and oxygen atoms in total. The molecule has 1 aliphatic rings. The molecule has 1 saturated heterocycles. The topological polar surface area (TPSA) is 37.4 Å². The van der Waals surface area contributed by atoms with E-state index in [2.05, 4.69) is 45.5 Å². The predicted octanol–water partition coefficient (Wildman–Crippen LogP) is 2.31. The summed E-state index contributed by atoms with van der Waals surface area (Å²) in [6.45, 7) is 5.42. The van der Waals surface area contributed by atoms with E-state index in [9.17, 15) is 0 Å². The number of hydrogen-bond acceptors (Lipinski definition) is 5. The van der Waals surface area contributed by atoms with Crippen molar-refractivity contribution in [1.29, 1.82) is 0 Å². The molecular formula is C16H21N3OS. The molecule has 2 aromatic rings. The Morgan fingerprint density at radius 1 is 1.19 bits per heavy atom. The van der Waals surface area contributed by atoms with E-state index in [0.717, 1.165) is 50.9 Å². The Morgan fingerprint density at radius 2 is 2.00 bits per heavy atom. The third-order valence-electron chi connectivity index (χ3n) is 3.56. The number of nitrogens with one attached hydrogen (secondary N) is 1. The fraction of sp³-hybridized carbons (Fsp3) is 0.438. The van der Waals surface area contributed by atoms with Crippen molar-refractivity contribution in [2.45, 2.75) is 13.0 Å². The zero-order valence-electron chi connectivity index (χ0n) is 12.1. The van der Waals surface area contributed by atoms with Crippen LogP contribution in [0.25, 0.3) is 0 Å². The highest BCUT2D eigenvalue weighted by atomic mass is 32.1. The Hall–Kier alpha value is -1.43. The van der Waals surface area contributed by atoms with Crippen molar-refractivity contribution in [2.75, 3.05) is 37.7 Å². The molecule has 0 radical (unpaired) electrons. The highest BCUT2D eigenvalue weighted by Gasteiger charge is 2.14. The Morgan fingerprint density at radius 3 is 2.81 bits per heavy atom. The van der Waals surface area contributed by atoms with Crippen molar-refractivity contribution in [2.24, 2.45) is 0 Å². The molecule has 1 aromatic heterocycles. The summed E-state index contributed by atoms with van der Waals surface area (Å²) in [5, 5.41) is 4.62. The summed E-state index contributed by atoms with van der Waals surface area (Å²) in [7, 11) is 0. The van der Waals surface area contributed by atoms with Gasteiger partial charge >= 0.3 is 0 Å². The number of rotatable bonds is 6. The molecule has 1 aliphatic heterocycles. The molecule has 0 aliphatic carbocycles. The molecule has 0 amide bonds. The fourth-order valence-corrected chi connectivity index (χ4v) is 3.30. The number of hydrogen-bond donors (Lipinski definition) is 1. The first-order chi connectivity index (χ1) is 10.4. The van der Waals surface area contributed by atoms with E-state index in [-0.39, 0.29) is 0 Å². The lowest BCUT2D eigenvalue weighted by Crippen LogP contribution is -2.36. The van der Waals surface area contributed by atoms with Crippen LogP contribution in [0.5, 0.6) is 0 Å². The molecule has 0 bridgehead atoms. The van der Waals surface area contributed by atoms with Crippen LogP contribution in [0.1, 0.15) is 10.4 Å². The van der Waals surface area contributed by atoms with Crippen LogP contribution in [0.15, 0.2) is 36.5 Å². The lowest BCUT2D eigenvalue weighted by Gasteiger charge is -2.25. The van der Waals surface area contributed by atoms with E-state index in [1.807, 2.05) is 6.20 Å². The summed E-state index contributed by atoms with van der Waals surface area (Å²) in [6.07, 6.45) is 3.06. The Balaban J connectivity index is 1.42. The largest absolute Gasteiger partial charge is 0.378 e. The Bertz CT molecular complexity index is 537. The summed E-state index contributed by atoms with van der Waals surface area (Å²) in [4.78, 5) is 8.13. The standard InChI is InChI=1S/C16H21N3OS/c1-2-4-14(5-3-1)6-7-17-12-15-13-18-16(21-15)19-8-10-20-11-9-19/h1-5,13,17H,6-12H2. The van der Waals surface area contributed by atoms with E-state index in [4.69, 9.17) is 4.74 Å². The van der Waals surface area contributed by atoms with Crippen LogP contribution in [-0.2, 0) is 17.7 Å². The van der Waals surface area contributed by atoms with Gasteiger partial charge in [-0.3, -0.25) is 0 Å². The first-order valence-electron chi connectivity index (χ1n) is 7.44. The Kier molecular flexibility index (Phi) is 5.21. The maximum atomic E-state index is 5.37. The second-order valence-corrected chi connectivity index (χ2v) is 6.21. The molecule has 0 atom stereocenters. The molecule has 0 unspecified atom stereocenters. The lowest BCUT2D eigenvalue weighted by atomic mass is 10.1. The minimum Gasteiger partial charge on any atom is -0.378 e. The normalized spacial score (nSPS) is 15.3. The second-order valence-electron chi connectivity index (χ2n) is 5.12. The van der Waals surface area contributed by atoms with Crippen LogP contribution < -0.4 is 10.2 Å². The molecule has 0 spiro atoms. The van der Waals surface area contributed by atoms with Crippen molar-refractivity contribution in [3.63, 3.8) is 0 Å². The third-order valence-corrected chi connectivity index (χ3v) is 4.61. The number of ether oxygens (including phenoxy) is 1. The average Bonchev–Trinajstić information content (AvgIpc) is 3.02. The van der Waals surface area contributed by atoms with Gasteiger partial charge in [0.25, 0.3) is 0 Å². The summed E-state index contributed by atoms with van der Waals surface area (Å²) in [6, 6.07) is 10.6. The third kappa shape index (κ3) is 4.27. The zero-order chi connectivity index (χ0) is 14.3. The maximum absolute atomic E-state index is 5.37. The summed E-state index contributed by atoms with van der Waals surface area (Å²) in [5.74, 6) is 0. The van der Waals surface area contributed by atoms with E-state index in [1.54, 1.807) is 11.3 Å². The van der Waals surface area contributed by atoms with Gasteiger partial charge in [-0.15, -0.1) is 11.3 Å². The summed E-state index contributed by atoms with van der Waals surface area (Å²) >= 11 is 1.78. The molecule has 1 aromatic carbocycles. The molecule has 1 N–H and O–H groups in total. The van der Waals surface area contributed by atoms with Gasteiger partial charge in [0.1, 0.15) is 0 Å². The highest BCUT2D eigenvalue weighted by Crippen LogP contribution is 2.23. The van der Waals surface area contributed by atoms with Crippen molar-refractivity contribution in [1.82, 2.24) is 10.3 Å². The van der Waals surface area contributed by atoms with Gasteiger partial charge in [-0.05, 0) is 18.5 Å². The van der Waals surface area contributed by atoms with Crippen LogP contribution in [0.3, 0.4) is 0 Å². The van der Waals surface area contributed by atoms with Gasteiger partial charge in [0.2, 0.25) is 0 Å².